The zero-order valence-electron chi connectivity index (χ0n) is 17.2. The molecule has 1 atom stereocenters. The van der Waals surface area contributed by atoms with E-state index in [1.807, 2.05) is 6.07 Å². The van der Waals surface area contributed by atoms with Gasteiger partial charge in [0.25, 0.3) is 5.91 Å². The molecule has 1 unspecified atom stereocenters. The zero-order chi connectivity index (χ0) is 22.7. The van der Waals surface area contributed by atoms with Crippen LogP contribution in [-0.4, -0.2) is 41.4 Å². The van der Waals surface area contributed by atoms with Gasteiger partial charge in [-0.05, 0) is 61.0 Å². The highest BCUT2D eigenvalue weighted by atomic mass is 19.4. The van der Waals surface area contributed by atoms with E-state index in [2.05, 4.69) is 31.8 Å². The first-order valence-electron chi connectivity index (χ1n) is 9.91. The Labute approximate surface area is 182 Å². The van der Waals surface area contributed by atoms with Crippen LogP contribution in [0.3, 0.4) is 0 Å². The Balaban J connectivity index is 1.38. The van der Waals surface area contributed by atoms with Crippen molar-refractivity contribution in [3.63, 3.8) is 0 Å². The molecule has 1 N–H and O–H groups in total. The first kappa shape index (κ1) is 21.7. The Morgan fingerprint density at radius 3 is 2.72 bits per heavy atom. The Morgan fingerprint density at radius 1 is 1.25 bits per heavy atom. The monoisotopic (exact) mass is 446 g/mol. The second kappa shape index (κ2) is 8.91. The van der Waals surface area contributed by atoms with Crippen molar-refractivity contribution in [2.45, 2.75) is 25.9 Å². The van der Waals surface area contributed by atoms with E-state index in [0.29, 0.717) is 19.0 Å². The second-order valence-electron chi connectivity index (χ2n) is 7.48. The molecule has 0 aliphatic carbocycles. The Hall–Kier alpha value is -3.53. The lowest BCUT2D eigenvalue weighted by Crippen LogP contribution is -2.28. The number of carbonyl (C=O) groups excluding carboxylic acids is 1. The highest BCUT2D eigenvalue weighted by Crippen LogP contribution is 2.28. The van der Waals surface area contributed by atoms with Crippen LogP contribution in [0.4, 0.5) is 24.7 Å². The van der Waals surface area contributed by atoms with Gasteiger partial charge in [0.15, 0.2) is 5.76 Å². The van der Waals surface area contributed by atoms with Crippen LogP contribution in [0.2, 0.25) is 0 Å². The van der Waals surface area contributed by atoms with E-state index in [0.717, 1.165) is 17.8 Å². The lowest BCUT2D eigenvalue weighted by Gasteiger charge is -2.21. The molecule has 2 aromatic heterocycles. The number of rotatable bonds is 6. The summed E-state index contributed by atoms with van der Waals surface area (Å²) in [7, 11) is 0. The third-order valence-electron chi connectivity index (χ3n) is 5.09. The van der Waals surface area contributed by atoms with Crippen LogP contribution < -0.4 is 15.0 Å². The van der Waals surface area contributed by atoms with Gasteiger partial charge in [-0.25, -0.2) is 4.98 Å². The topological polar surface area (TPSA) is 70.8 Å². The average Bonchev–Trinajstić information content (AvgIpc) is 3.38. The third-order valence-corrected chi connectivity index (χ3v) is 5.09. The van der Waals surface area contributed by atoms with Crippen molar-refractivity contribution in [1.29, 1.82) is 0 Å². The molecule has 3 heterocycles. The molecule has 32 heavy (non-hydrogen) atoms. The Kier molecular flexibility index (Phi) is 6.04. The fourth-order valence-corrected chi connectivity index (χ4v) is 3.56. The van der Waals surface area contributed by atoms with Gasteiger partial charge >= 0.3 is 6.36 Å². The molecule has 0 saturated carbocycles. The van der Waals surface area contributed by atoms with E-state index in [-0.39, 0.29) is 23.5 Å². The summed E-state index contributed by atoms with van der Waals surface area (Å²) >= 11 is 0. The van der Waals surface area contributed by atoms with Crippen LogP contribution in [0, 0.1) is 0 Å². The molecule has 1 aliphatic heterocycles. The average molecular weight is 446 g/mol. The van der Waals surface area contributed by atoms with Crippen LogP contribution in [0.15, 0.2) is 65.4 Å². The van der Waals surface area contributed by atoms with Crippen molar-refractivity contribution in [2.24, 2.45) is 0 Å². The molecular formula is C22H21F3N4O3. The molecule has 0 radical (unpaired) electrons. The minimum Gasteiger partial charge on any atom is -0.459 e. The standard InChI is InChI=1S/C22H21F3N4O3/c1-15-12-29(17-4-6-18(7-5-17)32-22(23,24)25)14-28(15)13-16-8-9-26-20(11-16)27-21(30)19-3-2-10-31-19/h2-11,15H,12-14H2,1H3,(H,26,27,30). The van der Waals surface area contributed by atoms with Crippen molar-refractivity contribution >= 4 is 17.4 Å². The van der Waals surface area contributed by atoms with Crippen LogP contribution in [-0.2, 0) is 6.54 Å². The van der Waals surface area contributed by atoms with Crippen LogP contribution >= 0.6 is 0 Å². The molecule has 4 rings (SSSR count). The number of anilines is 2. The Morgan fingerprint density at radius 2 is 2.03 bits per heavy atom. The van der Waals surface area contributed by atoms with E-state index in [9.17, 15) is 18.0 Å². The molecule has 1 aliphatic rings. The van der Waals surface area contributed by atoms with Gasteiger partial charge in [0.2, 0.25) is 0 Å². The molecule has 1 aromatic carbocycles. The maximum atomic E-state index is 12.4. The number of pyridine rings is 1. The van der Waals surface area contributed by atoms with E-state index in [4.69, 9.17) is 4.42 Å². The molecule has 10 heteroatoms. The van der Waals surface area contributed by atoms with Gasteiger partial charge in [0.05, 0.1) is 12.9 Å². The normalized spacial score (nSPS) is 16.9. The number of carbonyl (C=O) groups is 1. The minimum absolute atomic E-state index is 0.202. The minimum atomic E-state index is -4.71. The van der Waals surface area contributed by atoms with Crippen LogP contribution in [0.1, 0.15) is 23.0 Å². The zero-order valence-corrected chi connectivity index (χ0v) is 17.2. The lowest BCUT2D eigenvalue weighted by molar-refractivity contribution is -0.274. The molecule has 0 bridgehead atoms. The summed E-state index contributed by atoms with van der Waals surface area (Å²) in [5.74, 6) is 0.00472. The fourth-order valence-electron chi connectivity index (χ4n) is 3.56. The number of hydrogen-bond acceptors (Lipinski definition) is 6. The number of halogens is 3. The van der Waals surface area contributed by atoms with E-state index in [1.54, 1.807) is 36.5 Å². The SMILES string of the molecule is CC1CN(c2ccc(OC(F)(F)F)cc2)CN1Cc1ccnc(NC(=O)c2ccco2)c1. The largest absolute Gasteiger partial charge is 0.573 e. The summed E-state index contributed by atoms with van der Waals surface area (Å²) in [6.45, 7) is 4.05. The van der Waals surface area contributed by atoms with Gasteiger partial charge in [0.1, 0.15) is 11.6 Å². The number of hydrogen-bond donors (Lipinski definition) is 1. The van der Waals surface area contributed by atoms with Gasteiger partial charge in [-0.3, -0.25) is 9.69 Å². The van der Waals surface area contributed by atoms with Gasteiger partial charge < -0.3 is 19.4 Å². The molecule has 7 nitrogen and oxygen atoms in total. The summed E-state index contributed by atoms with van der Waals surface area (Å²) in [6, 6.07) is 13.0. The van der Waals surface area contributed by atoms with Gasteiger partial charge in [-0.1, -0.05) is 0 Å². The number of amides is 1. The number of alkyl halides is 3. The summed E-state index contributed by atoms with van der Waals surface area (Å²) in [5, 5.41) is 2.71. The molecular weight excluding hydrogens is 425 g/mol. The highest BCUT2D eigenvalue weighted by molar-refractivity contribution is 6.01. The number of benzene rings is 1. The number of nitrogens with one attached hydrogen (secondary N) is 1. The predicted octanol–water partition coefficient (Wildman–Crippen LogP) is 4.49. The van der Waals surface area contributed by atoms with E-state index in [1.165, 1.54) is 18.4 Å². The summed E-state index contributed by atoms with van der Waals surface area (Å²) < 4.78 is 46.1. The van der Waals surface area contributed by atoms with Crippen molar-refractivity contribution in [2.75, 3.05) is 23.4 Å². The fraction of sp³-hybridized carbons (Fsp3) is 0.273. The van der Waals surface area contributed by atoms with Gasteiger partial charge in [-0.2, -0.15) is 0 Å². The van der Waals surface area contributed by atoms with Crippen molar-refractivity contribution in [3.8, 4) is 5.75 Å². The summed E-state index contributed by atoms with van der Waals surface area (Å²) in [4.78, 5) is 20.7. The molecule has 1 amide bonds. The van der Waals surface area contributed by atoms with Gasteiger partial charge in [-0.15, -0.1) is 13.2 Å². The molecule has 1 saturated heterocycles. The van der Waals surface area contributed by atoms with Crippen LogP contribution in [0.25, 0.3) is 0 Å². The highest BCUT2D eigenvalue weighted by Gasteiger charge is 2.31. The summed E-state index contributed by atoms with van der Waals surface area (Å²) in [5.41, 5.74) is 1.78. The molecule has 3 aromatic rings. The first-order chi connectivity index (χ1) is 15.3. The first-order valence-corrected chi connectivity index (χ1v) is 9.91. The van der Waals surface area contributed by atoms with E-state index >= 15 is 0 Å². The number of nitrogens with zero attached hydrogens (tertiary/aromatic N) is 3. The molecule has 1 fully saturated rings. The van der Waals surface area contributed by atoms with Crippen molar-refractivity contribution in [1.82, 2.24) is 9.88 Å². The third kappa shape index (κ3) is 5.38. The maximum Gasteiger partial charge on any atom is 0.573 e. The summed E-state index contributed by atoms with van der Waals surface area (Å²) in [6.07, 6.45) is -1.65. The maximum absolute atomic E-state index is 12.4. The quantitative estimate of drug-likeness (QED) is 0.602. The molecule has 168 valence electrons. The number of furan rings is 1. The lowest BCUT2D eigenvalue weighted by atomic mass is 10.2. The second-order valence-corrected chi connectivity index (χ2v) is 7.48. The number of aromatic nitrogens is 1. The van der Waals surface area contributed by atoms with Crippen LogP contribution in [0.5, 0.6) is 5.75 Å². The number of ether oxygens (including phenoxy) is 1. The van der Waals surface area contributed by atoms with Gasteiger partial charge in [0, 0.05) is 31.0 Å². The Bertz CT molecular complexity index is 1060. The predicted molar refractivity (Wildman–Crippen MR) is 111 cm³/mol. The van der Waals surface area contributed by atoms with E-state index < -0.39 is 6.36 Å². The molecule has 0 spiro atoms. The van der Waals surface area contributed by atoms with Crippen molar-refractivity contribution < 1.29 is 27.1 Å². The smallest absolute Gasteiger partial charge is 0.459 e. The van der Waals surface area contributed by atoms with Crippen molar-refractivity contribution in [3.05, 3.63) is 72.3 Å².